The summed E-state index contributed by atoms with van der Waals surface area (Å²) in [6.07, 6.45) is 3.70. The fraction of sp³-hybridized carbons (Fsp3) is 0.321. The molecule has 0 spiro atoms. The van der Waals surface area contributed by atoms with Crippen molar-refractivity contribution in [3.8, 4) is 0 Å². The van der Waals surface area contributed by atoms with E-state index in [4.69, 9.17) is 0 Å². The molecule has 1 aliphatic heterocycles. The van der Waals surface area contributed by atoms with Crippen LogP contribution in [0.5, 0.6) is 0 Å². The van der Waals surface area contributed by atoms with Crippen LogP contribution in [0.2, 0.25) is 0 Å². The molecule has 182 valence electrons. The Morgan fingerprint density at radius 2 is 1.77 bits per heavy atom. The zero-order valence-electron chi connectivity index (χ0n) is 20.1. The van der Waals surface area contributed by atoms with Crippen molar-refractivity contribution in [2.45, 2.75) is 51.1 Å². The number of benzene rings is 2. The lowest BCUT2D eigenvalue weighted by atomic mass is 9.87. The molecular weight excluding hydrogens is 458 g/mol. The van der Waals surface area contributed by atoms with E-state index in [2.05, 4.69) is 29.7 Å². The number of carbonyl (C=O) groups excluding carboxylic acids is 3. The number of amides is 4. The van der Waals surface area contributed by atoms with Crippen molar-refractivity contribution in [2.75, 3.05) is 6.54 Å². The number of aryl methyl sites for hydroxylation is 1. The molecule has 0 bridgehead atoms. The molecule has 2 heterocycles. The predicted octanol–water partition coefficient (Wildman–Crippen LogP) is 5.15. The van der Waals surface area contributed by atoms with E-state index >= 15 is 0 Å². The minimum absolute atomic E-state index is 0.338. The molecule has 0 saturated carbocycles. The summed E-state index contributed by atoms with van der Waals surface area (Å²) in [6.45, 7) is 3.69. The van der Waals surface area contributed by atoms with Gasteiger partial charge in [0.25, 0.3) is 5.91 Å². The number of nitrogens with one attached hydrogen (secondary N) is 2. The first-order chi connectivity index (χ1) is 17.0. The van der Waals surface area contributed by atoms with Gasteiger partial charge < -0.3 is 10.6 Å². The van der Waals surface area contributed by atoms with Crippen molar-refractivity contribution in [1.82, 2.24) is 15.5 Å². The Bertz CT molecular complexity index is 1160. The van der Waals surface area contributed by atoms with E-state index in [1.807, 2.05) is 66.9 Å². The standard InChI is InChI=1S/C28H31N3O3S/c1-3-5-10-20-14-16-21(17-15-20)25(23-13-9-18-35-23)29-24(32)19-31-26(33)28(4-2,30-27(31)34)22-11-7-6-8-12-22/h6-9,11-18,25H,3-5,10,19H2,1-2H3,(H,29,32)(H,30,34). The summed E-state index contributed by atoms with van der Waals surface area (Å²) >= 11 is 1.56. The Morgan fingerprint density at radius 3 is 2.40 bits per heavy atom. The zero-order valence-corrected chi connectivity index (χ0v) is 20.9. The first-order valence-electron chi connectivity index (χ1n) is 12.1. The molecule has 1 aliphatic rings. The minimum Gasteiger partial charge on any atom is -0.343 e. The van der Waals surface area contributed by atoms with Crippen LogP contribution in [-0.2, 0) is 21.5 Å². The van der Waals surface area contributed by atoms with E-state index < -0.39 is 17.5 Å². The Morgan fingerprint density at radius 1 is 1.03 bits per heavy atom. The van der Waals surface area contributed by atoms with Gasteiger partial charge in [0.15, 0.2) is 0 Å². The molecule has 4 rings (SSSR count). The molecule has 2 aromatic carbocycles. The number of urea groups is 1. The van der Waals surface area contributed by atoms with Gasteiger partial charge >= 0.3 is 6.03 Å². The average molecular weight is 490 g/mol. The van der Waals surface area contributed by atoms with Crippen LogP contribution in [0, 0.1) is 0 Å². The van der Waals surface area contributed by atoms with Gasteiger partial charge in [-0.2, -0.15) is 0 Å². The van der Waals surface area contributed by atoms with E-state index in [9.17, 15) is 14.4 Å². The molecule has 2 atom stereocenters. The van der Waals surface area contributed by atoms with Gasteiger partial charge in [-0.25, -0.2) is 4.79 Å². The zero-order chi connectivity index (χ0) is 24.8. The van der Waals surface area contributed by atoms with Gasteiger partial charge in [-0.3, -0.25) is 14.5 Å². The molecule has 2 unspecified atom stereocenters. The highest BCUT2D eigenvalue weighted by Gasteiger charge is 2.51. The maximum absolute atomic E-state index is 13.4. The van der Waals surface area contributed by atoms with E-state index in [-0.39, 0.29) is 18.5 Å². The molecular formula is C28H31N3O3S. The van der Waals surface area contributed by atoms with E-state index in [1.165, 1.54) is 5.56 Å². The van der Waals surface area contributed by atoms with Crippen LogP contribution in [-0.4, -0.2) is 29.3 Å². The normalized spacial score (nSPS) is 18.4. The van der Waals surface area contributed by atoms with E-state index in [1.54, 1.807) is 11.3 Å². The third kappa shape index (κ3) is 5.15. The molecule has 6 nitrogen and oxygen atoms in total. The summed E-state index contributed by atoms with van der Waals surface area (Å²) in [6, 6.07) is 20.5. The van der Waals surface area contributed by atoms with Gasteiger partial charge in [0.2, 0.25) is 5.91 Å². The van der Waals surface area contributed by atoms with Gasteiger partial charge in [-0.15, -0.1) is 11.3 Å². The third-order valence-corrected chi connectivity index (χ3v) is 7.48. The molecule has 2 N–H and O–H groups in total. The summed E-state index contributed by atoms with van der Waals surface area (Å²) < 4.78 is 0. The number of rotatable bonds is 10. The molecule has 1 saturated heterocycles. The first kappa shape index (κ1) is 24.7. The van der Waals surface area contributed by atoms with Crippen molar-refractivity contribution >= 4 is 29.2 Å². The SMILES string of the molecule is CCCCc1ccc(C(NC(=O)CN2C(=O)NC(CC)(c3ccccc3)C2=O)c2cccs2)cc1. The number of imide groups is 1. The Kier molecular flexibility index (Phi) is 7.66. The molecule has 0 aliphatic carbocycles. The molecule has 0 radical (unpaired) electrons. The maximum Gasteiger partial charge on any atom is 0.325 e. The summed E-state index contributed by atoms with van der Waals surface area (Å²) in [4.78, 5) is 41.3. The molecule has 7 heteroatoms. The molecule has 1 aromatic heterocycles. The van der Waals surface area contributed by atoms with Crippen molar-refractivity contribution in [3.05, 3.63) is 93.7 Å². The molecule has 3 aromatic rings. The summed E-state index contributed by atoms with van der Waals surface area (Å²) in [5.41, 5.74) is 1.79. The fourth-order valence-electron chi connectivity index (χ4n) is 4.51. The first-order valence-corrected chi connectivity index (χ1v) is 13.0. The number of hydrogen-bond acceptors (Lipinski definition) is 4. The maximum atomic E-state index is 13.4. The lowest BCUT2D eigenvalue weighted by Gasteiger charge is -2.26. The Hall–Kier alpha value is -3.45. The topological polar surface area (TPSA) is 78.5 Å². The van der Waals surface area contributed by atoms with Gasteiger partial charge in [-0.05, 0) is 47.4 Å². The van der Waals surface area contributed by atoms with Crippen molar-refractivity contribution in [3.63, 3.8) is 0 Å². The smallest absolute Gasteiger partial charge is 0.325 e. The van der Waals surface area contributed by atoms with Crippen LogP contribution < -0.4 is 10.6 Å². The number of carbonyl (C=O) groups is 3. The van der Waals surface area contributed by atoms with Crippen LogP contribution in [0.15, 0.2) is 72.1 Å². The highest BCUT2D eigenvalue weighted by molar-refractivity contribution is 7.10. The van der Waals surface area contributed by atoms with Crippen LogP contribution in [0.1, 0.15) is 60.7 Å². The number of hydrogen-bond donors (Lipinski definition) is 2. The van der Waals surface area contributed by atoms with Gasteiger partial charge in [0.1, 0.15) is 12.1 Å². The lowest BCUT2D eigenvalue weighted by molar-refractivity contribution is -0.135. The summed E-state index contributed by atoms with van der Waals surface area (Å²) in [7, 11) is 0. The van der Waals surface area contributed by atoms with Gasteiger partial charge in [0.05, 0.1) is 6.04 Å². The lowest BCUT2D eigenvalue weighted by Crippen LogP contribution is -2.45. The van der Waals surface area contributed by atoms with Crippen molar-refractivity contribution in [2.24, 2.45) is 0 Å². The second-order valence-electron chi connectivity index (χ2n) is 8.81. The highest BCUT2D eigenvalue weighted by Crippen LogP contribution is 2.32. The predicted molar refractivity (Wildman–Crippen MR) is 138 cm³/mol. The van der Waals surface area contributed by atoms with Crippen LogP contribution >= 0.6 is 11.3 Å². The molecule has 1 fully saturated rings. The van der Waals surface area contributed by atoms with Crippen LogP contribution in [0.4, 0.5) is 4.79 Å². The second kappa shape index (κ2) is 10.9. The van der Waals surface area contributed by atoms with Crippen LogP contribution in [0.3, 0.4) is 0 Å². The Balaban J connectivity index is 1.51. The summed E-state index contributed by atoms with van der Waals surface area (Å²) in [5, 5.41) is 7.85. The third-order valence-electron chi connectivity index (χ3n) is 6.54. The minimum atomic E-state index is -1.15. The molecule has 4 amide bonds. The molecule has 35 heavy (non-hydrogen) atoms. The largest absolute Gasteiger partial charge is 0.343 e. The van der Waals surface area contributed by atoms with Gasteiger partial charge in [0, 0.05) is 4.88 Å². The van der Waals surface area contributed by atoms with Gasteiger partial charge in [-0.1, -0.05) is 80.9 Å². The van der Waals surface area contributed by atoms with Crippen LogP contribution in [0.25, 0.3) is 0 Å². The van der Waals surface area contributed by atoms with E-state index in [0.717, 1.165) is 34.6 Å². The highest BCUT2D eigenvalue weighted by atomic mass is 32.1. The quantitative estimate of drug-likeness (QED) is 0.387. The van der Waals surface area contributed by atoms with Crippen molar-refractivity contribution < 1.29 is 14.4 Å². The average Bonchev–Trinajstić information content (AvgIpc) is 3.50. The van der Waals surface area contributed by atoms with Crippen molar-refractivity contribution in [1.29, 1.82) is 0 Å². The fourth-order valence-corrected chi connectivity index (χ4v) is 5.32. The number of nitrogens with zero attached hydrogens (tertiary/aromatic N) is 1. The summed E-state index contributed by atoms with van der Waals surface area (Å²) in [5.74, 6) is -0.791. The van der Waals surface area contributed by atoms with E-state index in [0.29, 0.717) is 12.0 Å². The monoisotopic (exact) mass is 489 g/mol. The second-order valence-corrected chi connectivity index (χ2v) is 9.79. The Labute approximate surface area is 210 Å². The number of thiophene rings is 1. The number of unbranched alkanes of at least 4 members (excludes halogenated alkanes) is 1.